The topological polar surface area (TPSA) is 0 Å². The van der Waals surface area contributed by atoms with E-state index in [1.165, 1.54) is 16.7 Å². The Hall–Kier alpha value is -0.520. The molecule has 0 atom stereocenters. The van der Waals surface area contributed by atoms with Crippen molar-refractivity contribution in [3.63, 3.8) is 0 Å². The van der Waals surface area contributed by atoms with E-state index in [0.29, 0.717) is 5.92 Å². The van der Waals surface area contributed by atoms with Gasteiger partial charge < -0.3 is 0 Å². The Morgan fingerprint density at radius 3 is 1.82 bits per heavy atom. The molecule has 11 heavy (non-hydrogen) atoms. The van der Waals surface area contributed by atoms with Gasteiger partial charge in [-0.3, -0.25) is 0 Å². The maximum Gasteiger partial charge on any atom is -0.0257 e. The summed E-state index contributed by atoms with van der Waals surface area (Å²) in [5.74, 6) is 0.671. The Kier molecular flexibility index (Phi) is 4.17. The predicted octanol–water partition coefficient (Wildman–Crippen LogP) is 3.95. The van der Waals surface area contributed by atoms with Gasteiger partial charge in [0.2, 0.25) is 0 Å². The van der Waals surface area contributed by atoms with Crippen LogP contribution in [0.1, 0.15) is 41.5 Å². The summed E-state index contributed by atoms with van der Waals surface area (Å²) in [5, 5.41) is 0. The number of allylic oxidation sites excluding steroid dienone is 4. The molecule has 0 fully saturated rings. The van der Waals surface area contributed by atoms with Crippen LogP contribution in [0.3, 0.4) is 0 Å². The van der Waals surface area contributed by atoms with E-state index >= 15 is 0 Å². The lowest BCUT2D eigenvalue weighted by Crippen LogP contribution is -1.94. The van der Waals surface area contributed by atoms with E-state index in [0.717, 1.165) is 0 Å². The van der Waals surface area contributed by atoms with Gasteiger partial charge in [0, 0.05) is 0 Å². The first-order valence-corrected chi connectivity index (χ1v) is 4.31. The Morgan fingerprint density at radius 1 is 1.09 bits per heavy atom. The standard InChI is InChI=1S/C11H20/c1-7-9(4)11(6)10(5)8(2)3/h7-8H,1-6H3/b9-7?,11-10+. The monoisotopic (exact) mass is 152 g/mol. The van der Waals surface area contributed by atoms with Crippen molar-refractivity contribution in [2.24, 2.45) is 5.92 Å². The Labute approximate surface area is 71.0 Å². The molecule has 0 N–H and O–H groups in total. The lowest BCUT2D eigenvalue weighted by molar-refractivity contribution is 0.758. The van der Waals surface area contributed by atoms with Gasteiger partial charge in [-0.1, -0.05) is 31.1 Å². The second-order valence-corrected chi connectivity index (χ2v) is 3.43. The fourth-order valence-electron chi connectivity index (χ4n) is 0.961. The van der Waals surface area contributed by atoms with Crippen LogP contribution >= 0.6 is 0 Å². The molecule has 0 unspecified atom stereocenters. The molecule has 0 saturated heterocycles. The summed E-state index contributed by atoms with van der Waals surface area (Å²) in [6.07, 6.45) is 2.17. The van der Waals surface area contributed by atoms with Crippen molar-refractivity contribution in [3.8, 4) is 0 Å². The van der Waals surface area contributed by atoms with Crippen molar-refractivity contribution in [3.05, 3.63) is 22.8 Å². The van der Waals surface area contributed by atoms with Crippen molar-refractivity contribution in [2.75, 3.05) is 0 Å². The van der Waals surface area contributed by atoms with Crippen molar-refractivity contribution in [1.29, 1.82) is 0 Å². The third kappa shape index (κ3) is 2.92. The molecule has 0 aliphatic rings. The molecule has 0 heterocycles. The summed E-state index contributed by atoms with van der Waals surface area (Å²) < 4.78 is 0. The zero-order valence-electron chi connectivity index (χ0n) is 8.65. The minimum Gasteiger partial charge on any atom is -0.0845 e. The molecular weight excluding hydrogens is 132 g/mol. The molecule has 0 aromatic rings. The molecule has 0 aliphatic heterocycles. The van der Waals surface area contributed by atoms with Crippen LogP contribution in [-0.4, -0.2) is 0 Å². The third-order valence-corrected chi connectivity index (χ3v) is 2.48. The summed E-state index contributed by atoms with van der Waals surface area (Å²) in [5.41, 5.74) is 4.35. The van der Waals surface area contributed by atoms with Crippen LogP contribution in [0.2, 0.25) is 0 Å². The quantitative estimate of drug-likeness (QED) is 0.526. The summed E-state index contributed by atoms with van der Waals surface area (Å²) in [6.45, 7) is 13.1. The van der Waals surface area contributed by atoms with E-state index in [1.807, 2.05) is 0 Å². The zero-order chi connectivity index (χ0) is 9.02. The van der Waals surface area contributed by atoms with Crippen LogP contribution in [0.4, 0.5) is 0 Å². The van der Waals surface area contributed by atoms with E-state index in [9.17, 15) is 0 Å². The number of hydrogen-bond acceptors (Lipinski definition) is 0. The molecule has 0 spiro atoms. The van der Waals surface area contributed by atoms with E-state index in [2.05, 4.69) is 47.6 Å². The van der Waals surface area contributed by atoms with E-state index in [1.54, 1.807) is 0 Å². The molecule has 0 aliphatic carbocycles. The van der Waals surface area contributed by atoms with Gasteiger partial charge in [-0.25, -0.2) is 0 Å². The average molecular weight is 152 g/mol. The van der Waals surface area contributed by atoms with Gasteiger partial charge >= 0.3 is 0 Å². The molecule has 0 aromatic heterocycles. The maximum atomic E-state index is 2.24. The highest BCUT2D eigenvalue weighted by atomic mass is 14.1. The molecule has 0 radical (unpaired) electrons. The first kappa shape index (κ1) is 10.5. The lowest BCUT2D eigenvalue weighted by Gasteiger charge is -2.11. The molecule has 0 aromatic carbocycles. The van der Waals surface area contributed by atoms with Crippen LogP contribution in [0.5, 0.6) is 0 Å². The highest BCUT2D eigenvalue weighted by molar-refractivity contribution is 5.31. The molecule has 0 amide bonds. The summed E-state index contributed by atoms with van der Waals surface area (Å²) >= 11 is 0. The smallest absolute Gasteiger partial charge is 0.0257 e. The second-order valence-electron chi connectivity index (χ2n) is 3.43. The molecule has 0 rings (SSSR count). The van der Waals surface area contributed by atoms with Gasteiger partial charge in [-0.15, -0.1) is 0 Å². The fraction of sp³-hybridized carbons (Fsp3) is 0.636. The highest BCUT2D eigenvalue weighted by Crippen LogP contribution is 2.19. The van der Waals surface area contributed by atoms with Gasteiger partial charge in [-0.2, -0.15) is 0 Å². The van der Waals surface area contributed by atoms with Crippen molar-refractivity contribution >= 4 is 0 Å². The maximum absolute atomic E-state index is 2.24. The molecular formula is C11H20. The first-order valence-electron chi connectivity index (χ1n) is 4.31. The van der Waals surface area contributed by atoms with E-state index in [-0.39, 0.29) is 0 Å². The molecule has 0 heteroatoms. The van der Waals surface area contributed by atoms with Crippen molar-refractivity contribution in [2.45, 2.75) is 41.5 Å². The van der Waals surface area contributed by atoms with Gasteiger partial charge in [0.05, 0.1) is 0 Å². The summed E-state index contributed by atoms with van der Waals surface area (Å²) in [7, 11) is 0. The van der Waals surface area contributed by atoms with E-state index in [4.69, 9.17) is 0 Å². The van der Waals surface area contributed by atoms with Gasteiger partial charge in [0.25, 0.3) is 0 Å². The SMILES string of the molecule is CC=C(C)/C(C)=C(\C)C(C)C. The van der Waals surface area contributed by atoms with Gasteiger partial charge in [0.15, 0.2) is 0 Å². The van der Waals surface area contributed by atoms with Gasteiger partial charge in [0.1, 0.15) is 0 Å². The second kappa shape index (κ2) is 4.38. The number of rotatable bonds is 2. The Bertz CT molecular complexity index is 180. The van der Waals surface area contributed by atoms with Crippen LogP contribution in [0.25, 0.3) is 0 Å². The highest BCUT2D eigenvalue weighted by Gasteiger charge is 2.01. The molecule has 0 nitrogen and oxygen atoms in total. The van der Waals surface area contributed by atoms with Crippen LogP contribution in [0, 0.1) is 5.92 Å². The Balaban J connectivity index is 4.67. The van der Waals surface area contributed by atoms with Crippen molar-refractivity contribution in [1.82, 2.24) is 0 Å². The van der Waals surface area contributed by atoms with Crippen LogP contribution < -0.4 is 0 Å². The summed E-state index contributed by atoms with van der Waals surface area (Å²) in [4.78, 5) is 0. The van der Waals surface area contributed by atoms with E-state index < -0.39 is 0 Å². The van der Waals surface area contributed by atoms with Crippen LogP contribution in [0.15, 0.2) is 22.8 Å². The third-order valence-electron chi connectivity index (χ3n) is 2.48. The fourth-order valence-corrected chi connectivity index (χ4v) is 0.961. The van der Waals surface area contributed by atoms with Crippen molar-refractivity contribution < 1.29 is 0 Å². The summed E-state index contributed by atoms with van der Waals surface area (Å²) in [6, 6.07) is 0. The molecule has 0 bridgehead atoms. The average Bonchev–Trinajstić information content (AvgIpc) is 2.00. The zero-order valence-corrected chi connectivity index (χ0v) is 8.65. The molecule has 0 saturated carbocycles. The predicted molar refractivity (Wildman–Crippen MR) is 52.6 cm³/mol. The van der Waals surface area contributed by atoms with Gasteiger partial charge in [-0.05, 0) is 39.2 Å². The minimum absolute atomic E-state index is 0.671. The van der Waals surface area contributed by atoms with Crippen LogP contribution in [-0.2, 0) is 0 Å². The Morgan fingerprint density at radius 2 is 1.55 bits per heavy atom. The molecule has 64 valence electrons. The largest absolute Gasteiger partial charge is 0.0845 e. The lowest BCUT2D eigenvalue weighted by atomic mass is 9.96. The number of hydrogen-bond donors (Lipinski definition) is 0. The first-order chi connectivity index (χ1) is 5.00. The minimum atomic E-state index is 0.671. The normalized spacial score (nSPS) is 15.4.